The molecule has 1 aromatic carbocycles. The lowest BCUT2D eigenvalue weighted by Crippen LogP contribution is -2.24. The van der Waals surface area contributed by atoms with E-state index in [0.717, 1.165) is 5.56 Å². The van der Waals surface area contributed by atoms with Gasteiger partial charge in [-0.25, -0.2) is 4.79 Å². The van der Waals surface area contributed by atoms with Crippen molar-refractivity contribution in [1.82, 2.24) is 0 Å². The third kappa shape index (κ3) is 5.80. The Labute approximate surface area is 108 Å². The molecule has 0 heterocycles. The molecule has 1 aromatic rings. The lowest BCUT2D eigenvalue weighted by Gasteiger charge is -2.12. The molecule has 0 fully saturated rings. The Balaban J connectivity index is 2.19. The van der Waals surface area contributed by atoms with Crippen LogP contribution >= 0.6 is 0 Å². The molecule has 0 aromatic heterocycles. The summed E-state index contributed by atoms with van der Waals surface area (Å²) in [5.74, 6) is -0.356. The summed E-state index contributed by atoms with van der Waals surface area (Å²) in [6, 6.07) is 9.71. The maximum atomic E-state index is 11.5. The molecule has 0 aliphatic carbocycles. The molecule has 1 atom stereocenters. The van der Waals surface area contributed by atoms with Crippen LogP contribution in [0, 0.1) is 0 Å². The van der Waals surface area contributed by atoms with Gasteiger partial charge in [0.2, 0.25) is 0 Å². The van der Waals surface area contributed by atoms with Gasteiger partial charge in [-0.3, -0.25) is 0 Å². The van der Waals surface area contributed by atoms with Gasteiger partial charge in [0.25, 0.3) is 0 Å². The van der Waals surface area contributed by atoms with Gasteiger partial charge < -0.3 is 14.2 Å². The Morgan fingerprint density at radius 3 is 2.61 bits per heavy atom. The van der Waals surface area contributed by atoms with Crippen LogP contribution in [0.4, 0.5) is 0 Å². The van der Waals surface area contributed by atoms with Crippen molar-refractivity contribution in [3.05, 3.63) is 35.9 Å². The fourth-order valence-electron chi connectivity index (χ4n) is 1.33. The molecule has 0 saturated heterocycles. The van der Waals surface area contributed by atoms with Gasteiger partial charge in [0.05, 0.1) is 13.2 Å². The number of carbonyl (C=O) groups is 1. The largest absolute Gasteiger partial charge is 0.461 e. The van der Waals surface area contributed by atoms with Crippen LogP contribution in [0.2, 0.25) is 0 Å². The van der Waals surface area contributed by atoms with Gasteiger partial charge in [0.15, 0.2) is 6.10 Å². The van der Waals surface area contributed by atoms with Gasteiger partial charge in [-0.2, -0.15) is 0 Å². The Morgan fingerprint density at radius 2 is 1.94 bits per heavy atom. The average Bonchev–Trinajstić information content (AvgIpc) is 2.42. The van der Waals surface area contributed by atoms with E-state index in [-0.39, 0.29) is 12.6 Å². The quantitative estimate of drug-likeness (QED) is 0.525. The van der Waals surface area contributed by atoms with Crippen LogP contribution in [0.3, 0.4) is 0 Å². The summed E-state index contributed by atoms with van der Waals surface area (Å²) in [4.78, 5) is 11.5. The minimum atomic E-state index is -0.563. The number of ether oxygens (including phenoxy) is 3. The van der Waals surface area contributed by atoms with Gasteiger partial charge in [-0.15, -0.1) is 0 Å². The minimum Gasteiger partial charge on any atom is -0.461 e. The third-order valence-electron chi connectivity index (χ3n) is 2.35. The molecule has 0 spiro atoms. The van der Waals surface area contributed by atoms with Crippen LogP contribution in [0.5, 0.6) is 0 Å². The molecule has 0 radical (unpaired) electrons. The number of benzene rings is 1. The van der Waals surface area contributed by atoms with Gasteiger partial charge in [-0.05, 0) is 19.4 Å². The van der Waals surface area contributed by atoms with E-state index in [9.17, 15) is 4.79 Å². The number of rotatable bonds is 8. The number of esters is 1. The van der Waals surface area contributed by atoms with Gasteiger partial charge in [0.1, 0.15) is 6.61 Å². The summed E-state index contributed by atoms with van der Waals surface area (Å²) in [6.07, 6.45) is -0.563. The highest BCUT2D eigenvalue weighted by atomic mass is 16.6. The molecule has 1 unspecified atom stereocenters. The molecule has 18 heavy (non-hydrogen) atoms. The summed E-state index contributed by atoms with van der Waals surface area (Å²) in [6.45, 7) is 5.30. The van der Waals surface area contributed by atoms with Crippen LogP contribution in [-0.2, 0) is 25.6 Å². The molecule has 4 heteroatoms. The van der Waals surface area contributed by atoms with Crippen molar-refractivity contribution in [1.29, 1.82) is 0 Å². The van der Waals surface area contributed by atoms with E-state index in [2.05, 4.69) is 0 Å². The second kappa shape index (κ2) is 8.66. The van der Waals surface area contributed by atoms with Crippen molar-refractivity contribution in [2.45, 2.75) is 26.6 Å². The van der Waals surface area contributed by atoms with Crippen molar-refractivity contribution in [3.63, 3.8) is 0 Å². The zero-order valence-electron chi connectivity index (χ0n) is 10.9. The van der Waals surface area contributed by atoms with Crippen LogP contribution < -0.4 is 0 Å². The Morgan fingerprint density at radius 1 is 1.22 bits per heavy atom. The first-order valence-electron chi connectivity index (χ1n) is 6.14. The highest BCUT2D eigenvalue weighted by Crippen LogP contribution is 2.04. The molecular weight excluding hydrogens is 232 g/mol. The molecule has 100 valence electrons. The maximum Gasteiger partial charge on any atom is 0.335 e. The zero-order valence-corrected chi connectivity index (χ0v) is 10.9. The monoisotopic (exact) mass is 252 g/mol. The van der Waals surface area contributed by atoms with Gasteiger partial charge in [0, 0.05) is 6.61 Å². The fraction of sp³-hybridized carbons (Fsp3) is 0.500. The first-order chi connectivity index (χ1) is 8.74. The topological polar surface area (TPSA) is 44.8 Å². The maximum absolute atomic E-state index is 11.5. The van der Waals surface area contributed by atoms with E-state index in [4.69, 9.17) is 14.2 Å². The predicted molar refractivity (Wildman–Crippen MR) is 68.1 cm³/mol. The standard InChI is InChI=1S/C14H20O4/c1-3-16-9-10-17-14(15)12(2)18-11-13-7-5-4-6-8-13/h4-8,12H,3,9-11H2,1-2H3. The second-order valence-corrected chi connectivity index (χ2v) is 3.80. The second-order valence-electron chi connectivity index (χ2n) is 3.80. The molecule has 4 nitrogen and oxygen atoms in total. The Kier molecular flexibility index (Phi) is 7.06. The SMILES string of the molecule is CCOCCOC(=O)C(C)OCc1ccccc1. The van der Waals surface area contributed by atoms with Gasteiger partial charge >= 0.3 is 5.97 Å². The molecule has 0 saturated carbocycles. The van der Waals surface area contributed by atoms with Crippen LogP contribution in [0.1, 0.15) is 19.4 Å². The highest BCUT2D eigenvalue weighted by Gasteiger charge is 2.14. The molecule has 0 amide bonds. The molecule has 0 bridgehead atoms. The van der Waals surface area contributed by atoms with Crippen molar-refractivity contribution < 1.29 is 19.0 Å². The number of carbonyl (C=O) groups excluding carboxylic acids is 1. The summed E-state index contributed by atoms with van der Waals surface area (Å²) in [7, 11) is 0. The Bertz CT molecular complexity index is 337. The summed E-state index contributed by atoms with van der Waals surface area (Å²) in [5, 5.41) is 0. The Hall–Kier alpha value is -1.39. The minimum absolute atomic E-state index is 0.270. The van der Waals surface area contributed by atoms with E-state index in [1.807, 2.05) is 37.3 Å². The molecule has 0 aliphatic heterocycles. The van der Waals surface area contributed by atoms with Crippen LogP contribution in [0.15, 0.2) is 30.3 Å². The predicted octanol–water partition coefficient (Wildman–Crippen LogP) is 2.17. The fourth-order valence-corrected chi connectivity index (χ4v) is 1.33. The first kappa shape index (κ1) is 14.7. The average molecular weight is 252 g/mol. The number of hydrogen-bond donors (Lipinski definition) is 0. The summed E-state index contributed by atoms with van der Waals surface area (Å²) < 4.78 is 15.5. The highest BCUT2D eigenvalue weighted by molar-refractivity contribution is 5.74. The third-order valence-corrected chi connectivity index (χ3v) is 2.35. The van der Waals surface area contributed by atoms with E-state index in [1.54, 1.807) is 6.92 Å². The van der Waals surface area contributed by atoms with E-state index < -0.39 is 6.10 Å². The number of hydrogen-bond acceptors (Lipinski definition) is 4. The smallest absolute Gasteiger partial charge is 0.335 e. The van der Waals surface area contributed by atoms with Crippen molar-refractivity contribution in [2.24, 2.45) is 0 Å². The molecule has 1 rings (SSSR count). The van der Waals surface area contributed by atoms with Crippen molar-refractivity contribution >= 4 is 5.97 Å². The normalized spacial score (nSPS) is 12.1. The van der Waals surface area contributed by atoms with Gasteiger partial charge in [-0.1, -0.05) is 30.3 Å². The zero-order chi connectivity index (χ0) is 13.2. The van der Waals surface area contributed by atoms with Crippen molar-refractivity contribution in [2.75, 3.05) is 19.8 Å². The lowest BCUT2D eigenvalue weighted by atomic mass is 10.2. The molecular formula is C14H20O4. The van der Waals surface area contributed by atoms with E-state index in [1.165, 1.54) is 0 Å². The lowest BCUT2D eigenvalue weighted by molar-refractivity contribution is -0.158. The van der Waals surface area contributed by atoms with Crippen LogP contribution in [-0.4, -0.2) is 31.9 Å². The van der Waals surface area contributed by atoms with Crippen LogP contribution in [0.25, 0.3) is 0 Å². The van der Waals surface area contributed by atoms with E-state index in [0.29, 0.717) is 19.8 Å². The van der Waals surface area contributed by atoms with E-state index >= 15 is 0 Å². The molecule has 0 aliphatic rings. The van der Waals surface area contributed by atoms with Crippen molar-refractivity contribution in [3.8, 4) is 0 Å². The summed E-state index contributed by atoms with van der Waals surface area (Å²) >= 11 is 0. The molecule has 0 N–H and O–H groups in total. The summed E-state index contributed by atoms with van der Waals surface area (Å²) in [5.41, 5.74) is 1.03. The first-order valence-corrected chi connectivity index (χ1v) is 6.14.